The number of nitrogens with zero attached hydrogens (tertiary/aromatic N) is 1. The molecule has 0 fully saturated rings. The van der Waals surface area contributed by atoms with Gasteiger partial charge in [0, 0.05) is 23.4 Å². The van der Waals surface area contributed by atoms with Gasteiger partial charge in [0.05, 0.1) is 16.2 Å². The molecule has 146 valence electrons. The summed E-state index contributed by atoms with van der Waals surface area (Å²) >= 11 is 0. The summed E-state index contributed by atoms with van der Waals surface area (Å²) in [7, 11) is -4.47. The first kappa shape index (κ1) is 19.7. The van der Waals surface area contributed by atoms with Crippen molar-refractivity contribution in [3.05, 3.63) is 77.5 Å². The minimum atomic E-state index is -4.65. The molecule has 3 rings (SSSR count). The maximum Gasteiger partial charge on any atom is 0.416 e. The molecule has 0 radical (unpaired) electrons. The Morgan fingerprint density at radius 2 is 1.57 bits per heavy atom. The van der Waals surface area contributed by atoms with Gasteiger partial charge in [0.1, 0.15) is 11.6 Å². The molecule has 1 heterocycles. The number of carbonyl (C=O) groups excluding carboxylic acids is 1. The first-order valence-electron chi connectivity index (χ1n) is 7.60. The number of halogens is 5. The third-order valence-corrected chi connectivity index (χ3v) is 5.58. The number of benzene rings is 2. The zero-order chi connectivity index (χ0) is 20.7. The lowest BCUT2D eigenvalue weighted by molar-refractivity contribution is -0.137. The van der Waals surface area contributed by atoms with Crippen molar-refractivity contribution in [1.29, 1.82) is 0 Å². The van der Waals surface area contributed by atoms with Gasteiger partial charge in [-0.2, -0.15) is 13.2 Å². The number of carbonyl (C=O) groups is 1. The minimum Gasteiger partial charge on any atom is -0.298 e. The van der Waals surface area contributed by atoms with Crippen molar-refractivity contribution in [3.8, 4) is 11.3 Å². The number of hydrogen-bond acceptors (Lipinski definition) is 3. The summed E-state index contributed by atoms with van der Waals surface area (Å²) in [6.07, 6.45) is -3.43. The van der Waals surface area contributed by atoms with E-state index in [0.29, 0.717) is 28.5 Å². The number of aldehydes is 1. The van der Waals surface area contributed by atoms with E-state index in [1.165, 1.54) is 0 Å². The second kappa shape index (κ2) is 6.86. The Bertz CT molecular complexity index is 1150. The van der Waals surface area contributed by atoms with Gasteiger partial charge in [0.15, 0.2) is 6.29 Å². The first-order valence-corrected chi connectivity index (χ1v) is 9.04. The van der Waals surface area contributed by atoms with Crippen LogP contribution in [0.25, 0.3) is 11.3 Å². The summed E-state index contributed by atoms with van der Waals surface area (Å²) in [5.74, 6) is -1.96. The summed E-state index contributed by atoms with van der Waals surface area (Å²) in [5, 5.41) is 0. The predicted molar refractivity (Wildman–Crippen MR) is 89.2 cm³/mol. The van der Waals surface area contributed by atoms with E-state index < -0.39 is 38.3 Å². The fourth-order valence-electron chi connectivity index (χ4n) is 2.55. The van der Waals surface area contributed by atoms with E-state index in [4.69, 9.17) is 0 Å². The molecule has 0 aliphatic rings. The highest BCUT2D eigenvalue weighted by Crippen LogP contribution is 2.32. The minimum absolute atomic E-state index is 0.116. The lowest BCUT2D eigenvalue weighted by Crippen LogP contribution is -2.14. The van der Waals surface area contributed by atoms with Crippen LogP contribution in [0.1, 0.15) is 15.9 Å². The summed E-state index contributed by atoms with van der Waals surface area (Å²) in [6, 6.07) is 6.20. The monoisotopic (exact) mass is 415 g/mol. The largest absolute Gasteiger partial charge is 0.416 e. The normalized spacial score (nSPS) is 12.2. The van der Waals surface area contributed by atoms with Crippen LogP contribution >= 0.6 is 0 Å². The summed E-state index contributed by atoms with van der Waals surface area (Å²) in [5.41, 5.74) is -1.74. The smallest absolute Gasteiger partial charge is 0.298 e. The highest BCUT2D eigenvalue weighted by Gasteiger charge is 2.31. The molecule has 10 heteroatoms. The van der Waals surface area contributed by atoms with Gasteiger partial charge in [-0.1, -0.05) is 0 Å². The van der Waals surface area contributed by atoms with E-state index >= 15 is 0 Å². The summed E-state index contributed by atoms with van der Waals surface area (Å²) < 4.78 is 91.6. The molecule has 0 saturated heterocycles. The molecule has 0 bridgehead atoms. The molecule has 0 N–H and O–H groups in total. The standard InChI is InChI=1S/C18H10F5NO3S/c19-13-3-6-15(16(20)8-13)17-7-11(10-25)9-24(17)28(26,27)14-4-1-12(2-5-14)18(21,22)23/h1-10H. The van der Waals surface area contributed by atoms with Gasteiger partial charge < -0.3 is 0 Å². The van der Waals surface area contributed by atoms with E-state index in [2.05, 4.69) is 0 Å². The molecule has 1 aromatic heterocycles. The second-order valence-corrected chi connectivity index (χ2v) is 7.54. The Balaban J connectivity index is 2.17. The van der Waals surface area contributed by atoms with Crippen molar-refractivity contribution in [2.24, 2.45) is 0 Å². The molecular formula is C18H10F5NO3S. The van der Waals surface area contributed by atoms with Gasteiger partial charge in [-0.25, -0.2) is 21.2 Å². The lowest BCUT2D eigenvalue weighted by atomic mass is 10.1. The van der Waals surface area contributed by atoms with Crippen LogP contribution in [0.4, 0.5) is 22.0 Å². The molecule has 3 aromatic rings. The molecule has 0 spiro atoms. The Labute approximate surface area is 155 Å². The van der Waals surface area contributed by atoms with E-state index in [0.717, 1.165) is 36.5 Å². The quantitative estimate of drug-likeness (QED) is 0.466. The van der Waals surface area contributed by atoms with E-state index in [1.807, 2.05) is 0 Å². The van der Waals surface area contributed by atoms with Crippen molar-refractivity contribution in [1.82, 2.24) is 3.97 Å². The summed E-state index contributed by atoms with van der Waals surface area (Å²) in [4.78, 5) is 10.6. The van der Waals surface area contributed by atoms with E-state index in [9.17, 15) is 35.2 Å². The highest BCUT2D eigenvalue weighted by atomic mass is 32.2. The maximum atomic E-state index is 14.1. The van der Waals surface area contributed by atoms with Gasteiger partial charge in [0.2, 0.25) is 0 Å². The SMILES string of the molecule is O=Cc1cc(-c2ccc(F)cc2F)n(S(=O)(=O)c2ccc(C(F)(F)F)cc2)c1. The Hall–Kier alpha value is -3.01. The van der Waals surface area contributed by atoms with Crippen LogP contribution < -0.4 is 0 Å². The van der Waals surface area contributed by atoms with Crippen LogP contribution in [0.5, 0.6) is 0 Å². The molecule has 0 amide bonds. The molecule has 2 aromatic carbocycles. The van der Waals surface area contributed by atoms with Gasteiger partial charge in [-0.05, 0) is 42.5 Å². The molecule has 0 atom stereocenters. The van der Waals surface area contributed by atoms with Crippen LogP contribution in [-0.4, -0.2) is 18.7 Å². The molecule has 0 unspecified atom stereocenters. The number of aromatic nitrogens is 1. The third-order valence-electron chi connectivity index (χ3n) is 3.89. The predicted octanol–water partition coefficient (Wildman–Crippen LogP) is 4.50. The van der Waals surface area contributed by atoms with E-state index in [-0.39, 0.29) is 16.8 Å². The van der Waals surface area contributed by atoms with Gasteiger partial charge in [-0.3, -0.25) is 4.79 Å². The van der Waals surface area contributed by atoms with Crippen LogP contribution in [-0.2, 0) is 16.2 Å². The second-order valence-electron chi connectivity index (χ2n) is 5.72. The van der Waals surface area contributed by atoms with Crippen LogP contribution in [0.2, 0.25) is 0 Å². The molecule has 0 aliphatic carbocycles. The topological polar surface area (TPSA) is 56.1 Å². The van der Waals surface area contributed by atoms with Gasteiger partial charge in [-0.15, -0.1) is 0 Å². The Kier molecular flexibility index (Phi) is 4.84. The fraction of sp³-hybridized carbons (Fsp3) is 0.0556. The summed E-state index contributed by atoms with van der Waals surface area (Å²) in [6.45, 7) is 0. The molecule has 0 aliphatic heterocycles. The zero-order valence-electron chi connectivity index (χ0n) is 13.7. The molecule has 4 nitrogen and oxygen atoms in total. The zero-order valence-corrected chi connectivity index (χ0v) is 14.6. The van der Waals surface area contributed by atoms with Gasteiger partial charge >= 0.3 is 6.18 Å². The van der Waals surface area contributed by atoms with Crippen molar-refractivity contribution >= 4 is 16.3 Å². The third kappa shape index (κ3) is 3.55. The number of hydrogen-bond donors (Lipinski definition) is 0. The molecule has 0 saturated carbocycles. The maximum absolute atomic E-state index is 14.1. The van der Waals surface area contributed by atoms with Crippen molar-refractivity contribution < 1.29 is 35.2 Å². The van der Waals surface area contributed by atoms with Crippen molar-refractivity contribution in [2.75, 3.05) is 0 Å². The molecule has 28 heavy (non-hydrogen) atoms. The van der Waals surface area contributed by atoms with Crippen molar-refractivity contribution in [2.45, 2.75) is 11.1 Å². The average Bonchev–Trinajstić information content (AvgIpc) is 3.06. The van der Waals surface area contributed by atoms with Crippen LogP contribution in [0.3, 0.4) is 0 Å². The number of alkyl halides is 3. The Morgan fingerprint density at radius 3 is 2.11 bits per heavy atom. The fourth-order valence-corrected chi connectivity index (χ4v) is 3.93. The van der Waals surface area contributed by atoms with Crippen LogP contribution in [0.15, 0.2) is 59.6 Å². The van der Waals surface area contributed by atoms with Crippen LogP contribution in [0, 0.1) is 11.6 Å². The highest BCUT2D eigenvalue weighted by molar-refractivity contribution is 7.90. The van der Waals surface area contributed by atoms with E-state index in [1.54, 1.807) is 0 Å². The van der Waals surface area contributed by atoms with Crippen molar-refractivity contribution in [3.63, 3.8) is 0 Å². The van der Waals surface area contributed by atoms with Gasteiger partial charge in [0.25, 0.3) is 10.0 Å². The first-order chi connectivity index (χ1) is 13.0. The Morgan fingerprint density at radius 1 is 0.929 bits per heavy atom. The average molecular weight is 415 g/mol. The number of rotatable bonds is 4. The molecular weight excluding hydrogens is 405 g/mol. The lowest BCUT2D eigenvalue weighted by Gasteiger charge is -2.12.